The Bertz CT molecular complexity index is 1370. The number of benzene rings is 1. The summed E-state index contributed by atoms with van der Waals surface area (Å²) in [7, 11) is -1.88. The highest BCUT2D eigenvalue weighted by Crippen LogP contribution is 2.31. The second kappa shape index (κ2) is 16.4. The van der Waals surface area contributed by atoms with Crippen molar-refractivity contribution in [1.29, 1.82) is 0 Å². The number of hydrogen-bond donors (Lipinski definition) is 2. The first-order valence-electron chi connectivity index (χ1n) is 16.9. The van der Waals surface area contributed by atoms with Crippen molar-refractivity contribution >= 4 is 21.6 Å². The van der Waals surface area contributed by atoms with Crippen molar-refractivity contribution in [1.82, 2.24) is 15.0 Å². The maximum Gasteiger partial charge on any atom is 0.267 e. The van der Waals surface area contributed by atoms with Gasteiger partial charge in [0.05, 0.1) is 30.4 Å². The van der Waals surface area contributed by atoms with Gasteiger partial charge < -0.3 is 28.9 Å². The van der Waals surface area contributed by atoms with Gasteiger partial charge in [-0.05, 0) is 91.0 Å². The topological polar surface area (TPSA) is 134 Å². The van der Waals surface area contributed by atoms with Crippen molar-refractivity contribution in [3.05, 3.63) is 35.2 Å². The Hall–Kier alpha value is -2.67. The smallest absolute Gasteiger partial charge is 0.267 e. The minimum atomic E-state index is -4.04. The Labute approximate surface area is 275 Å². The molecule has 0 radical (unpaired) electrons. The first kappa shape index (κ1) is 36.2. The summed E-state index contributed by atoms with van der Waals surface area (Å²) in [6.07, 6.45) is 8.79. The van der Waals surface area contributed by atoms with E-state index in [2.05, 4.69) is 28.8 Å². The molecule has 0 spiro atoms. The number of aliphatic hydroxyl groups excluding tert-OH is 1. The average Bonchev–Trinajstić information content (AvgIpc) is 3.37. The van der Waals surface area contributed by atoms with Gasteiger partial charge in [-0.1, -0.05) is 31.3 Å². The molecule has 258 valence electrons. The zero-order chi connectivity index (χ0) is 33.4. The van der Waals surface area contributed by atoms with E-state index in [1.54, 1.807) is 24.0 Å². The van der Waals surface area contributed by atoms with E-state index in [0.29, 0.717) is 24.8 Å². The molecule has 1 saturated carbocycles. The molecule has 0 saturated heterocycles. The van der Waals surface area contributed by atoms with Gasteiger partial charge in [0.2, 0.25) is 0 Å². The van der Waals surface area contributed by atoms with Gasteiger partial charge in [-0.15, -0.1) is 0 Å². The van der Waals surface area contributed by atoms with Gasteiger partial charge in [-0.3, -0.25) is 9.52 Å². The van der Waals surface area contributed by atoms with E-state index in [1.807, 2.05) is 13.8 Å². The van der Waals surface area contributed by atoms with Crippen molar-refractivity contribution in [2.45, 2.75) is 109 Å². The first-order chi connectivity index (χ1) is 21.9. The van der Waals surface area contributed by atoms with Crippen LogP contribution in [0.15, 0.2) is 27.6 Å². The number of aliphatic hydroxyl groups is 1. The molecule has 2 aliphatic rings. The number of amides is 1. The number of hydrogen-bond acceptors (Lipinski definition) is 9. The summed E-state index contributed by atoms with van der Waals surface area (Å²) in [6, 6.07) is 4.25. The van der Waals surface area contributed by atoms with Crippen LogP contribution in [-0.4, -0.2) is 92.5 Å². The number of rotatable bonds is 9. The predicted octanol–water partition coefficient (Wildman–Crippen LogP) is 5.40. The molecule has 12 heteroatoms. The molecule has 1 aliphatic carbocycles. The number of nitrogens with zero attached hydrogens (tertiary/aromatic N) is 3. The second-order valence-corrected chi connectivity index (χ2v) is 15.1. The lowest BCUT2D eigenvalue weighted by molar-refractivity contribution is -0.0190. The number of nitrogens with one attached hydrogen (secondary N) is 1. The Morgan fingerprint density at radius 3 is 2.48 bits per heavy atom. The Morgan fingerprint density at radius 2 is 1.80 bits per heavy atom. The normalized spacial score (nSPS) is 23.4. The number of aryl methyl sites for hydroxylation is 2. The lowest BCUT2D eigenvalue weighted by Crippen LogP contribution is -2.47. The SMILES string of the molecule is Cc1noc(C)c1S(=O)(=O)Nc1ccc2c(c1)C(=O)N([C@@H](C)CO)C[C@H](C)[C@@H](CN(C)CC1CCCCC1)OCCCC[C@H](C)O2. The van der Waals surface area contributed by atoms with E-state index in [1.165, 1.54) is 45.1 Å². The van der Waals surface area contributed by atoms with Crippen molar-refractivity contribution in [3.8, 4) is 5.75 Å². The summed E-state index contributed by atoms with van der Waals surface area (Å²) in [5, 5.41) is 14.0. The van der Waals surface area contributed by atoms with Crippen LogP contribution >= 0.6 is 0 Å². The van der Waals surface area contributed by atoms with Crippen LogP contribution in [0.2, 0.25) is 0 Å². The molecule has 1 aromatic carbocycles. The van der Waals surface area contributed by atoms with Crippen molar-refractivity contribution in [2.24, 2.45) is 11.8 Å². The predicted molar refractivity (Wildman–Crippen MR) is 178 cm³/mol. The van der Waals surface area contributed by atoms with Gasteiger partial charge in [0, 0.05) is 37.8 Å². The third-order valence-corrected chi connectivity index (χ3v) is 11.0. The van der Waals surface area contributed by atoms with E-state index in [4.69, 9.17) is 14.0 Å². The molecule has 1 fully saturated rings. The highest BCUT2D eigenvalue weighted by atomic mass is 32.2. The van der Waals surface area contributed by atoms with E-state index < -0.39 is 16.1 Å². The maximum atomic E-state index is 14.4. The van der Waals surface area contributed by atoms with Gasteiger partial charge in [0.1, 0.15) is 11.4 Å². The number of anilines is 1. The summed E-state index contributed by atoms with van der Waals surface area (Å²) in [6.45, 7) is 11.5. The van der Waals surface area contributed by atoms with E-state index in [0.717, 1.165) is 32.4 Å². The summed E-state index contributed by atoms with van der Waals surface area (Å²) in [5.74, 6) is 0.883. The van der Waals surface area contributed by atoms with E-state index in [-0.39, 0.29) is 58.2 Å². The monoisotopic (exact) mass is 662 g/mol. The van der Waals surface area contributed by atoms with Crippen molar-refractivity contribution < 1.29 is 32.3 Å². The average molecular weight is 663 g/mol. The first-order valence-corrected chi connectivity index (χ1v) is 18.4. The number of ether oxygens (including phenoxy) is 2. The Kier molecular flexibility index (Phi) is 12.9. The highest BCUT2D eigenvalue weighted by molar-refractivity contribution is 7.92. The lowest BCUT2D eigenvalue weighted by Gasteiger charge is -2.36. The summed E-state index contributed by atoms with van der Waals surface area (Å²) < 4.78 is 47.1. The van der Waals surface area contributed by atoms with Crippen LogP contribution in [0.1, 0.15) is 93.9 Å². The summed E-state index contributed by atoms with van der Waals surface area (Å²) in [5.41, 5.74) is 0.677. The third-order valence-electron chi connectivity index (χ3n) is 9.33. The minimum Gasteiger partial charge on any atom is -0.490 e. The Balaban J connectivity index is 1.63. The molecule has 4 rings (SSSR count). The van der Waals surface area contributed by atoms with Crippen LogP contribution < -0.4 is 9.46 Å². The quantitative estimate of drug-likeness (QED) is 0.362. The molecular weight excluding hydrogens is 608 g/mol. The molecule has 1 aliphatic heterocycles. The standard InChI is InChI=1S/C34H54N4O7S/c1-23-19-38(24(2)22-39)34(40)30-18-29(36-46(41,42)33-26(4)35-45-27(33)5)15-16-31(30)44-25(3)12-10-11-17-43-32(23)21-37(6)20-28-13-8-7-9-14-28/h15-16,18,23-25,28,32,36,39H,7-14,17,19-22H2,1-6H3/t23-,24-,25-,32+/m0/s1. The Morgan fingerprint density at radius 1 is 1.09 bits per heavy atom. The molecule has 2 N–H and O–H groups in total. The summed E-state index contributed by atoms with van der Waals surface area (Å²) >= 11 is 0. The van der Waals surface area contributed by atoms with Gasteiger partial charge in [0.25, 0.3) is 15.9 Å². The fourth-order valence-corrected chi connectivity index (χ4v) is 8.09. The van der Waals surface area contributed by atoms with E-state index >= 15 is 0 Å². The van der Waals surface area contributed by atoms with Crippen LogP contribution in [0.25, 0.3) is 0 Å². The zero-order valence-electron chi connectivity index (χ0n) is 28.5. The summed E-state index contributed by atoms with van der Waals surface area (Å²) in [4.78, 5) is 18.4. The molecule has 2 aromatic rings. The molecule has 1 aromatic heterocycles. The van der Waals surface area contributed by atoms with Crippen LogP contribution in [-0.2, 0) is 14.8 Å². The van der Waals surface area contributed by atoms with Gasteiger partial charge in [-0.25, -0.2) is 8.42 Å². The van der Waals surface area contributed by atoms with Gasteiger partial charge >= 0.3 is 0 Å². The number of carbonyl (C=O) groups excluding carboxylic acids is 1. The maximum absolute atomic E-state index is 14.4. The van der Waals surface area contributed by atoms with Gasteiger partial charge in [0.15, 0.2) is 10.7 Å². The molecule has 1 amide bonds. The highest BCUT2D eigenvalue weighted by Gasteiger charge is 2.31. The molecule has 46 heavy (non-hydrogen) atoms. The van der Waals surface area contributed by atoms with Crippen LogP contribution in [0.4, 0.5) is 5.69 Å². The number of sulfonamides is 1. The molecule has 4 atom stereocenters. The molecule has 2 heterocycles. The largest absolute Gasteiger partial charge is 0.490 e. The zero-order valence-corrected chi connectivity index (χ0v) is 29.3. The molecule has 0 unspecified atom stereocenters. The number of carbonyl (C=O) groups is 1. The van der Waals surface area contributed by atoms with Crippen molar-refractivity contribution in [3.63, 3.8) is 0 Å². The molecular formula is C34H54N4O7S. The number of likely N-dealkylation sites (N-methyl/N-ethyl adjacent to an activating group) is 1. The van der Waals surface area contributed by atoms with Crippen LogP contribution in [0.3, 0.4) is 0 Å². The second-order valence-electron chi connectivity index (χ2n) is 13.5. The lowest BCUT2D eigenvalue weighted by atomic mass is 9.89. The fraction of sp³-hybridized carbons (Fsp3) is 0.706. The number of fused-ring (bicyclic) bond motifs is 1. The van der Waals surface area contributed by atoms with Crippen LogP contribution in [0.5, 0.6) is 5.75 Å². The molecule has 0 bridgehead atoms. The third kappa shape index (κ3) is 9.45. The number of aromatic nitrogens is 1. The minimum absolute atomic E-state index is 0.0285. The van der Waals surface area contributed by atoms with Crippen LogP contribution in [0, 0.1) is 25.7 Å². The molecule has 11 nitrogen and oxygen atoms in total. The fourth-order valence-electron chi connectivity index (χ4n) is 6.71. The van der Waals surface area contributed by atoms with Gasteiger partial charge in [-0.2, -0.15) is 0 Å². The van der Waals surface area contributed by atoms with E-state index in [9.17, 15) is 18.3 Å². The van der Waals surface area contributed by atoms with Crippen molar-refractivity contribution in [2.75, 3.05) is 44.6 Å².